The molecule has 1 aromatic carbocycles. The Balaban J connectivity index is 2.33. The van der Waals surface area contributed by atoms with Crippen molar-refractivity contribution in [3.63, 3.8) is 0 Å². The third-order valence-electron chi connectivity index (χ3n) is 2.28. The van der Waals surface area contributed by atoms with Crippen LogP contribution in [0.5, 0.6) is 11.5 Å². The van der Waals surface area contributed by atoms with Gasteiger partial charge in [0.2, 0.25) is 0 Å². The number of hydrogen-bond donors (Lipinski definition) is 0. The monoisotopic (exact) mass is 220 g/mol. The second kappa shape index (κ2) is 4.35. The molecule has 0 fully saturated rings. The van der Waals surface area contributed by atoms with Crippen molar-refractivity contribution in [3.8, 4) is 11.5 Å². The van der Waals surface area contributed by atoms with E-state index >= 15 is 0 Å². The molecule has 0 saturated heterocycles. The minimum atomic E-state index is -0.227. The smallest absolute Gasteiger partial charge is 0.174 e. The van der Waals surface area contributed by atoms with Gasteiger partial charge in [-0.05, 0) is 19.1 Å². The summed E-state index contributed by atoms with van der Waals surface area (Å²) in [7, 11) is 0. The highest BCUT2D eigenvalue weighted by atomic mass is 16.6. The van der Waals surface area contributed by atoms with Crippen LogP contribution in [0.25, 0.3) is 0 Å². The average molecular weight is 220 g/mol. The molecule has 0 unspecified atom stereocenters. The highest BCUT2D eigenvalue weighted by Gasteiger charge is 2.20. The molecular formula is C12H12O4. The van der Waals surface area contributed by atoms with Crippen LogP contribution in [-0.4, -0.2) is 24.8 Å². The number of benzene rings is 1. The lowest BCUT2D eigenvalue weighted by atomic mass is 10.0. The van der Waals surface area contributed by atoms with E-state index in [1.165, 1.54) is 6.92 Å². The molecule has 1 aliphatic heterocycles. The van der Waals surface area contributed by atoms with Crippen molar-refractivity contribution >= 4 is 11.6 Å². The molecule has 0 saturated carbocycles. The quantitative estimate of drug-likeness (QED) is 0.573. The molecule has 0 atom stereocenters. The summed E-state index contributed by atoms with van der Waals surface area (Å²) < 4.78 is 10.8. The molecule has 0 N–H and O–H groups in total. The van der Waals surface area contributed by atoms with E-state index in [0.717, 1.165) is 0 Å². The lowest BCUT2D eigenvalue weighted by molar-refractivity contribution is -0.116. The highest BCUT2D eigenvalue weighted by Crippen LogP contribution is 2.34. The van der Waals surface area contributed by atoms with Crippen molar-refractivity contribution in [1.29, 1.82) is 0 Å². The summed E-state index contributed by atoms with van der Waals surface area (Å²) in [5.41, 5.74) is 0.424. The van der Waals surface area contributed by atoms with Crippen molar-refractivity contribution in [2.24, 2.45) is 0 Å². The molecule has 4 nitrogen and oxygen atoms in total. The summed E-state index contributed by atoms with van der Waals surface area (Å²) in [6.07, 6.45) is -0.0974. The van der Waals surface area contributed by atoms with Crippen LogP contribution in [0, 0.1) is 0 Å². The number of rotatable bonds is 3. The predicted molar refractivity (Wildman–Crippen MR) is 57.1 cm³/mol. The Labute approximate surface area is 93.2 Å². The maximum atomic E-state index is 11.8. The van der Waals surface area contributed by atoms with Gasteiger partial charge in [0.15, 0.2) is 17.3 Å². The number of ketones is 2. The Kier molecular flexibility index (Phi) is 2.90. The second-order valence-corrected chi connectivity index (χ2v) is 3.63. The van der Waals surface area contributed by atoms with Crippen LogP contribution >= 0.6 is 0 Å². The molecule has 2 rings (SSSR count). The van der Waals surface area contributed by atoms with Crippen LogP contribution < -0.4 is 9.47 Å². The molecule has 4 heteroatoms. The van der Waals surface area contributed by atoms with Gasteiger partial charge in [0.05, 0.1) is 12.0 Å². The average Bonchev–Trinajstić information content (AvgIpc) is 2.27. The number of Topliss-reactive ketones (excluding diaryl/α,β-unsaturated/α-hetero) is 2. The van der Waals surface area contributed by atoms with Gasteiger partial charge < -0.3 is 9.47 Å². The van der Waals surface area contributed by atoms with Gasteiger partial charge in [0.1, 0.15) is 19.0 Å². The lowest BCUT2D eigenvalue weighted by Crippen LogP contribution is -2.18. The zero-order chi connectivity index (χ0) is 11.5. The first kappa shape index (κ1) is 10.7. The van der Waals surface area contributed by atoms with Crippen molar-refractivity contribution in [1.82, 2.24) is 0 Å². The number of ether oxygens (including phenoxy) is 2. The van der Waals surface area contributed by atoms with E-state index in [0.29, 0.717) is 30.3 Å². The number of carbonyl (C=O) groups excluding carboxylic acids is 2. The first-order valence-electron chi connectivity index (χ1n) is 5.09. The molecule has 0 bridgehead atoms. The van der Waals surface area contributed by atoms with Gasteiger partial charge in [0.25, 0.3) is 0 Å². The van der Waals surface area contributed by atoms with Crippen molar-refractivity contribution < 1.29 is 19.1 Å². The summed E-state index contributed by atoms with van der Waals surface area (Å²) in [6, 6.07) is 5.12. The van der Waals surface area contributed by atoms with E-state index < -0.39 is 0 Å². The van der Waals surface area contributed by atoms with E-state index in [4.69, 9.17) is 9.47 Å². The van der Waals surface area contributed by atoms with Gasteiger partial charge >= 0.3 is 0 Å². The van der Waals surface area contributed by atoms with Crippen molar-refractivity contribution in [2.75, 3.05) is 13.2 Å². The fourth-order valence-corrected chi connectivity index (χ4v) is 1.61. The van der Waals surface area contributed by atoms with Crippen LogP contribution in [0.1, 0.15) is 23.7 Å². The Hall–Kier alpha value is -1.84. The first-order valence-corrected chi connectivity index (χ1v) is 5.09. The summed E-state index contributed by atoms with van der Waals surface area (Å²) in [6.45, 7) is 2.30. The lowest BCUT2D eigenvalue weighted by Gasteiger charge is -2.20. The minimum absolute atomic E-state index is 0.0974. The summed E-state index contributed by atoms with van der Waals surface area (Å²) in [5.74, 6) is 0.648. The molecule has 1 aliphatic rings. The number of para-hydroxylation sites is 1. The summed E-state index contributed by atoms with van der Waals surface area (Å²) >= 11 is 0. The Morgan fingerprint density at radius 2 is 2.00 bits per heavy atom. The molecule has 1 aromatic rings. The van der Waals surface area contributed by atoms with Crippen molar-refractivity contribution in [3.05, 3.63) is 23.8 Å². The van der Waals surface area contributed by atoms with Crippen LogP contribution in [-0.2, 0) is 4.79 Å². The standard InChI is InChI=1S/C12H12O4/c1-8(13)7-10(14)9-3-2-4-11-12(9)16-6-5-15-11/h2-4H,5-7H2,1H3. The van der Waals surface area contributed by atoms with Crippen LogP contribution in [0.2, 0.25) is 0 Å². The van der Waals surface area contributed by atoms with Crippen LogP contribution in [0.3, 0.4) is 0 Å². The Bertz CT molecular complexity index is 437. The van der Waals surface area contributed by atoms with E-state index in [1.54, 1.807) is 18.2 Å². The summed E-state index contributed by atoms with van der Waals surface area (Å²) in [5, 5.41) is 0. The van der Waals surface area contributed by atoms with Gasteiger partial charge in [-0.15, -0.1) is 0 Å². The van der Waals surface area contributed by atoms with Crippen LogP contribution in [0.15, 0.2) is 18.2 Å². The van der Waals surface area contributed by atoms with Gasteiger partial charge in [0, 0.05) is 0 Å². The molecule has 0 spiro atoms. The van der Waals surface area contributed by atoms with E-state index in [9.17, 15) is 9.59 Å². The maximum Gasteiger partial charge on any atom is 0.174 e. The third-order valence-corrected chi connectivity index (χ3v) is 2.28. The number of hydrogen-bond acceptors (Lipinski definition) is 4. The minimum Gasteiger partial charge on any atom is -0.486 e. The zero-order valence-corrected chi connectivity index (χ0v) is 8.99. The van der Waals surface area contributed by atoms with Gasteiger partial charge in [-0.3, -0.25) is 9.59 Å². The highest BCUT2D eigenvalue weighted by molar-refractivity contribution is 6.09. The molecule has 0 aliphatic carbocycles. The molecule has 16 heavy (non-hydrogen) atoms. The van der Waals surface area contributed by atoms with Gasteiger partial charge in [-0.1, -0.05) is 6.07 Å². The normalized spacial score (nSPS) is 13.3. The Morgan fingerprint density at radius 3 is 2.75 bits per heavy atom. The van der Waals surface area contributed by atoms with Gasteiger partial charge in [-0.25, -0.2) is 0 Å². The van der Waals surface area contributed by atoms with Gasteiger partial charge in [-0.2, -0.15) is 0 Å². The molecular weight excluding hydrogens is 208 g/mol. The Morgan fingerprint density at radius 1 is 1.25 bits per heavy atom. The zero-order valence-electron chi connectivity index (χ0n) is 8.99. The third kappa shape index (κ3) is 2.05. The maximum absolute atomic E-state index is 11.8. The molecule has 0 radical (unpaired) electrons. The number of carbonyl (C=O) groups is 2. The molecule has 84 valence electrons. The first-order chi connectivity index (χ1) is 7.68. The van der Waals surface area contributed by atoms with Crippen molar-refractivity contribution in [2.45, 2.75) is 13.3 Å². The SMILES string of the molecule is CC(=O)CC(=O)c1cccc2c1OCCO2. The molecule has 0 aromatic heterocycles. The van der Waals surface area contributed by atoms with E-state index in [-0.39, 0.29) is 18.0 Å². The summed E-state index contributed by atoms with van der Waals surface area (Å²) in [4.78, 5) is 22.7. The van der Waals surface area contributed by atoms with E-state index in [2.05, 4.69) is 0 Å². The molecule has 1 heterocycles. The largest absolute Gasteiger partial charge is 0.486 e. The topological polar surface area (TPSA) is 52.6 Å². The van der Waals surface area contributed by atoms with E-state index in [1.807, 2.05) is 0 Å². The van der Waals surface area contributed by atoms with Crippen LogP contribution in [0.4, 0.5) is 0 Å². The molecule has 0 amide bonds. The second-order valence-electron chi connectivity index (χ2n) is 3.63. The number of fused-ring (bicyclic) bond motifs is 1. The predicted octanol–water partition coefficient (Wildman–Crippen LogP) is 1.62. The fraction of sp³-hybridized carbons (Fsp3) is 0.333. The fourth-order valence-electron chi connectivity index (χ4n) is 1.61.